The number of piperidine rings is 1. The summed E-state index contributed by atoms with van der Waals surface area (Å²) < 4.78 is 26.9. The Kier molecular flexibility index (Phi) is 5.03. The average Bonchev–Trinajstić information content (AvgIpc) is 3.16. The van der Waals surface area contributed by atoms with Crippen molar-refractivity contribution in [3.63, 3.8) is 0 Å². The predicted molar refractivity (Wildman–Crippen MR) is 102 cm³/mol. The van der Waals surface area contributed by atoms with E-state index in [1.807, 2.05) is 0 Å². The number of H-pyrrole nitrogens is 1. The van der Waals surface area contributed by atoms with E-state index >= 15 is 0 Å². The molecule has 0 aliphatic carbocycles. The van der Waals surface area contributed by atoms with Crippen LogP contribution in [-0.2, 0) is 6.54 Å². The van der Waals surface area contributed by atoms with Gasteiger partial charge in [0.15, 0.2) is 11.6 Å². The first-order valence-corrected chi connectivity index (χ1v) is 9.37. The number of nitrogens with zero attached hydrogens (tertiary/aromatic N) is 2. The third kappa shape index (κ3) is 3.93. The van der Waals surface area contributed by atoms with Crippen LogP contribution in [0.5, 0.6) is 0 Å². The molecule has 27 heavy (non-hydrogen) atoms. The molecule has 1 aromatic heterocycles. The third-order valence-electron chi connectivity index (χ3n) is 5.34. The molecule has 1 aliphatic heterocycles. The first kappa shape index (κ1) is 17.9. The maximum Gasteiger partial charge on any atom is 0.159 e. The molecule has 1 unspecified atom stereocenters. The summed E-state index contributed by atoms with van der Waals surface area (Å²) in [4.78, 5) is 2.45. The largest absolute Gasteiger partial charge is 0.298 e. The van der Waals surface area contributed by atoms with Crippen LogP contribution in [0, 0.1) is 18.6 Å². The van der Waals surface area contributed by atoms with Crippen molar-refractivity contribution in [1.82, 2.24) is 15.1 Å². The van der Waals surface area contributed by atoms with Crippen LogP contribution in [0.15, 0.2) is 48.7 Å². The van der Waals surface area contributed by atoms with Crippen LogP contribution in [0.3, 0.4) is 0 Å². The Morgan fingerprint density at radius 2 is 1.93 bits per heavy atom. The zero-order valence-electron chi connectivity index (χ0n) is 15.4. The highest BCUT2D eigenvalue weighted by Gasteiger charge is 2.25. The minimum Gasteiger partial charge on any atom is -0.298 e. The second-order valence-electron chi connectivity index (χ2n) is 7.39. The molecule has 1 atom stereocenters. The number of aryl methyl sites for hydroxylation is 1. The zero-order chi connectivity index (χ0) is 18.8. The molecule has 2 aromatic carbocycles. The molecule has 5 heteroatoms. The minimum absolute atomic E-state index is 0.301. The number of rotatable bonds is 4. The lowest BCUT2D eigenvalue weighted by atomic mass is 9.90. The molecule has 1 saturated heterocycles. The summed E-state index contributed by atoms with van der Waals surface area (Å²) in [5.41, 5.74) is 5.11. The van der Waals surface area contributed by atoms with Crippen LogP contribution in [0.25, 0.3) is 11.1 Å². The van der Waals surface area contributed by atoms with Gasteiger partial charge in [-0.05, 0) is 49.6 Å². The summed E-state index contributed by atoms with van der Waals surface area (Å²) in [6.45, 7) is 5.01. The normalized spacial score (nSPS) is 18.0. The van der Waals surface area contributed by atoms with Crippen molar-refractivity contribution in [2.24, 2.45) is 0 Å². The van der Waals surface area contributed by atoms with Crippen molar-refractivity contribution < 1.29 is 8.78 Å². The first-order chi connectivity index (χ1) is 13.1. The molecule has 2 heterocycles. The fraction of sp³-hybridized carbons (Fsp3) is 0.318. The van der Waals surface area contributed by atoms with E-state index in [1.54, 1.807) is 12.3 Å². The Labute approximate surface area is 158 Å². The topological polar surface area (TPSA) is 31.9 Å². The predicted octanol–water partition coefficient (Wildman–Crippen LogP) is 5.04. The van der Waals surface area contributed by atoms with Gasteiger partial charge in [-0.25, -0.2) is 8.78 Å². The number of hydrogen-bond acceptors (Lipinski definition) is 2. The van der Waals surface area contributed by atoms with Gasteiger partial charge >= 0.3 is 0 Å². The molecular formula is C22H23F2N3. The average molecular weight is 367 g/mol. The Morgan fingerprint density at radius 3 is 2.70 bits per heavy atom. The van der Waals surface area contributed by atoms with Crippen molar-refractivity contribution >= 4 is 0 Å². The van der Waals surface area contributed by atoms with Crippen LogP contribution in [0.4, 0.5) is 8.78 Å². The number of nitrogens with one attached hydrogen (secondary N) is 1. The summed E-state index contributed by atoms with van der Waals surface area (Å²) in [7, 11) is 0. The number of hydrogen-bond donors (Lipinski definition) is 1. The maximum absolute atomic E-state index is 13.7. The summed E-state index contributed by atoms with van der Waals surface area (Å²) in [5, 5.41) is 7.29. The highest BCUT2D eigenvalue weighted by atomic mass is 19.2. The Bertz CT molecular complexity index is 918. The van der Waals surface area contributed by atoms with Gasteiger partial charge in [-0.1, -0.05) is 35.9 Å². The quantitative estimate of drug-likeness (QED) is 0.700. The van der Waals surface area contributed by atoms with E-state index in [0.29, 0.717) is 11.5 Å². The molecule has 1 N–H and O–H groups in total. The van der Waals surface area contributed by atoms with Crippen molar-refractivity contribution in [3.05, 3.63) is 77.1 Å². The van der Waals surface area contributed by atoms with Crippen LogP contribution >= 0.6 is 0 Å². The van der Waals surface area contributed by atoms with E-state index in [4.69, 9.17) is 0 Å². The molecule has 0 bridgehead atoms. The molecule has 0 radical (unpaired) electrons. The van der Waals surface area contributed by atoms with Gasteiger partial charge in [-0.3, -0.25) is 10.00 Å². The third-order valence-corrected chi connectivity index (χ3v) is 5.34. The lowest BCUT2D eigenvalue weighted by Gasteiger charge is -2.32. The van der Waals surface area contributed by atoms with E-state index in [2.05, 4.69) is 46.3 Å². The first-order valence-electron chi connectivity index (χ1n) is 9.37. The maximum atomic E-state index is 13.7. The number of benzene rings is 2. The molecule has 0 saturated carbocycles. The van der Waals surface area contributed by atoms with Crippen LogP contribution in [-0.4, -0.2) is 28.2 Å². The zero-order valence-corrected chi connectivity index (χ0v) is 15.4. The molecule has 3 nitrogen and oxygen atoms in total. The van der Waals surface area contributed by atoms with Crippen molar-refractivity contribution in [2.45, 2.75) is 32.2 Å². The van der Waals surface area contributed by atoms with Gasteiger partial charge in [0.05, 0.1) is 6.20 Å². The monoisotopic (exact) mass is 367 g/mol. The molecule has 1 aliphatic rings. The Hall–Kier alpha value is -2.53. The van der Waals surface area contributed by atoms with Crippen LogP contribution in [0.1, 0.15) is 35.6 Å². The number of aromatic nitrogens is 2. The number of halogens is 2. The Balaban J connectivity index is 1.52. The molecule has 1 fully saturated rings. The lowest BCUT2D eigenvalue weighted by molar-refractivity contribution is 0.198. The molecule has 4 rings (SSSR count). The highest BCUT2D eigenvalue weighted by Crippen LogP contribution is 2.33. The standard InChI is InChI=1S/C22H23F2N3/c1-15-4-6-16(7-5-15)13-27-10-2-3-18(14-27)22-19(12-25-26-22)17-8-9-20(23)21(24)11-17/h4-9,11-12,18H,2-3,10,13-14H2,1H3,(H,25,26). The highest BCUT2D eigenvalue weighted by molar-refractivity contribution is 5.66. The van der Waals surface area contributed by atoms with E-state index < -0.39 is 11.6 Å². The summed E-state index contributed by atoms with van der Waals surface area (Å²) >= 11 is 0. The van der Waals surface area contributed by atoms with Crippen LogP contribution < -0.4 is 0 Å². The van der Waals surface area contributed by atoms with Crippen molar-refractivity contribution in [3.8, 4) is 11.1 Å². The molecule has 3 aromatic rings. The summed E-state index contributed by atoms with van der Waals surface area (Å²) in [6.07, 6.45) is 3.87. The summed E-state index contributed by atoms with van der Waals surface area (Å²) in [6, 6.07) is 12.7. The van der Waals surface area contributed by atoms with Gasteiger partial charge in [0.25, 0.3) is 0 Å². The van der Waals surface area contributed by atoms with E-state index in [1.165, 1.54) is 23.3 Å². The Morgan fingerprint density at radius 1 is 1.11 bits per heavy atom. The number of likely N-dealkylation sites (tertiary alicyclic amines) is 1. The fourth-order valence-corrected chi connectivity index (χ4v) is 3.89. The lowest BCUT2D eigenvalue weighted by Crippen LogP contribution is -2.34. The molecular weight excluding hydrogens is 344 g/mol. The molecule has 140 valence electrons. The van der Waals surface area contributed by atoms with Gasteiger partial charge in [-0.2, -0.15) is 5.10 Å². The van der Waals surface area contributed by atoms with E-state index in [0.717, 1.165) is 43.7 Å². The van der Waals surface area contributed by atoms with Crippen molar-refractivity contribution in [2.75, 3.05) is 13.1 Å². The van der Waals surface area contributed by atoms with Crippen LogP contribution in [0.2, 0.25) is 0 Å². The van der Waals surface area contributed by atoms with E-state index in [9.17, 15) is 8.78 Å². The fourth-order valence-electron chi connectivity index (χ4n) is 3.89. The SMILES string of the molecule is Cc1ccc(CN2CCCC(c3[nH]ncc3-c3ccc(F)c(F)c3)C2)cc1. The summed E-state index contributed by atoms with van der Waals surface area (Å²) in [5.74, 6) is -1.36. The van der Waals surface area contributed by atoms with Gasteiger partial charge in [0.2, 0.25) is 0 Å². The van der Waals surface area contributed by atoms with Gasteiger partial charge < -0.3 is 0 Å². The molecule has 0 spiro atoms. The number of aromatic amines is 1. The van der Waals surface area contributed by atoms with Gasteiger partial charge in [-0.15, -0.1) is 0 Å². The minimum atomic E-state index is -0.829. The second-order valence-corrected chi connectivity index (χ2v) is 7.39. The smallest absolute Gasteiger partial charge is 0.159 e. The molecule has 0 amide bonds. The second kappa shape index (κ2) is 7.61. The van der Waals surface area contributed by atoms with Gasteiger partial charge in [0, 0.05) is 30.3 Å². The van der Waals surface area contributed by atoms with Crippen molar-refractivity contribution in [1.29, 1.82) is 0 Å². The van der Waals surface area contributed by atoms with Gasteiger partial charge in [0.1, 0.15) is 0 Å². The van der Waals surface area contributed by atoms with E-state index in [-0.39, 0.29) is 0 Å².